The first-order valence-electron chi connectivity index (χ1n) is 4.02. The van der Waals surface area contributed by atoms with E-state index in [2.05, 4.69) is 15.9 Å². The molecule has 0 saturated carbocycles. The van der Waals surface area contributed by atoms with E-state index in [1.165, 1.54) is 12.1 Å². The van der Waals surface area contributed by atoms with E-state index in [4.69, 9.17) is 5.26 Å². The normalized spacial score (nSPS) is 9.62. The van der Waals surface area contributed by atoms with Gasteiger partial charge in [0.2, 0.25) is 0 Å². The van der Waals surface area contributed by atoms with Crippen LogP contribution < -0.4 is 0 Å². The summed E-state index contributed by atoms with van der Waals surface area (Å²) in [6.07, 6.45) is 1.76. The predicted octanol–water partition coefficient (Wildman–Crippen LogP) is 3.02. The molecule has 0 unspecified atom stereocenters. The Hall–Kier alpha value is -0.880. The van der Waals surface area contributed by atoms with Gasteiger partial charge in [-0.05, 0) is 36.6 Å². The number of benzene rings is 1. The minimum Gasteiger partial charge on any atom is -0.207 e. The number of rotatable bonds is 3. The second kappa shape index (κ2) is 4.98. The van der Waals surface area contributed by atoms with E-state index in [-0.39, 0.29) is 5.82 Å². The molecule has 0 saturated heterocycles. The minimum atomic E-state index is -0.330. The molecule has 0 aliphatic carbocycles. The number of halogens is 2. The van der Waals surface area contributed by atoms with Gasteiger partial charge in [-0.15, -0.1) is 0 Å². The standard InChI is InChI=1S/C10H9BrFN/c11-3-1-2-8-4-9(7-13)6-10(12)5-8/h4-6H,1-3H2. The summed E-state index contributed by atoms with van der Waals surface area (Å²) < 4.78 is 12.9. The monoisotopic (exact) mass is 241 g/mol. The maximum absolute atomic E-state index is 12.9. The molecule has 0 bridgehead atoms. The summed E-state index contributed by atoms with van der Waals surface area (Å²) in [6, 6.07) is 6.38. The summed E-state index contributed by atoms with van der Waals surface area (Å²) >= 11 is 3.30. The molecular formula is C10H9BrFN. The Morgan fingerprint density at radius 1 is 1.38 bits per heavy atom. The van der Waals surface area contributed by atoms with Crippen molar-refractivity contribution in [2.75, 3.05) is 5.33 Å². The lowest BCUT2D eigenvalue weighted by molar-refractivity contribution is 0.624. The summed E-state index contributed by atoms with van der Waals surface area (Å²) in [4.78, 5) is 0. The first kappa shape index (κ1) is 10.2. The molecule has 0 atom stereocenters. The first-order valence-corrected chi connectivity index (χ1v) is 5.14. The van der Waals surface area contributed by atoms with Crippen molar-refractivity contribution >= 4 is 15.9 Å². The van der Waals surface area contributed by atoms with Gasteiger partial charge in [-0.3, -0.25) is 0 Å². The zero-order chi connectivity index (χ0) is 9.68. The SMILES string of the molecule is N#Cc1cc(F)cc(CCCBr)c1. The highest BCUT2D eigenvalue weighted by Gasteiger charge is 1.99. The van der Waals surface area contributed by atoms with Crippen LogP contribution in [0.4, 0.5) is 4.39 Å². The Labute approximate surface area is 85.3 Å². The second-order valence-electron chi connectivity index (χ2n) is 2.75. The van der Waals surface area contributed by atoms with Crippen molar-refractivity contribution < 1.29 is 4.39 Å². The number of nitrogens with zero attached hydrogens (tertiary/aromatic N) is 1. The highest BCUT2D eigenvalue weighted by Crippen LogP contribution is 2.10. The van der Waals surface area contributed by atoms with Crippen LogP contribution in [0.15, 0.2) is 18.2 Å². The van der Waals surface area contributed by atoms with E-state index in [0.29, 0.717) is 5.56 Å². The maximum Gasteiger partial charge on any atom is 0.124 e. The summed E-state index contributed by atoms with van der Waals surface area (Å²) in [5.74, 6) is -0.330. The molecule has 1 aromatic carbocycles. The molecule has 1 aromatic rings. The number of aryl methyl sites for hydroxylation is 1. The van der Waals surface area contributed by atoms with E-state index in [1.54, 1.807) is 6.07 Å². The smallest absolute Gasteiger partial charge is 0.124 e. The van der Waals surface area contributed by atoms with Crippen molar-refractivity contribution in [1.82, 2.24) is 0 Å². The van der Waals surface area contributed by atoms with Crippen LogP contribution in [0.3, 0.4) is 0 Å². The lowest BCUT2D eigenvalue weighted by atomic mass is 10.1. The predicted molar refractivity (Wildman–Crippen MR) is 53.2 cm³/mol. The average molecular weight is 242 g/mol. The van der Waals surface area contributed by atoms with Gasteiger partial charge in [0.25, 0.3) is 0 Å². The fourth-order valence-electron chi connectivity index (χ4n) is 1.13. The fraction of sp³-hybridized carbons (Fsp3) is 0.300. The average Bonchev–Trinajstić information content (AvgIpc) is 2.14. The maximum atomic E-state index is 12.9. The third-order valence-corrected chi connectivity index (χ3v) is 2.25. The van der Waals surface area contributed by atoms with Gasteiger partial charge in [0.15, 0.2) is 0 Å². The van der Waals surface area contributed by atoms with Gasteiger partial charge in [-0.1, -0.05) is 15.9 Å². The molecule has 1 nitrogen and oxygen atoms in total. The lowest BCUT2D eigenvalue weighted by Gasteiger charge is -1.99. The molecular weight excluding hydrogens is 233 g/mol. The van der Waals surface area contributed by atoms with Crippen LogP contribution in [-0.4, -0.2) is 5.33 Å². The molecule has 0 heterocycles. The zero-order valence-electron chi connectivity index (χ0n) is 7.06. The molecule has 0 fully saturated rings. The summed E-state index contributed by atoms with van der Waals surface area (Å²) in [7, 11) is 0. The van der Waals surface area contributed by atoms with E-state index >= 15 is 0 Å². The fourth-order valence-corrected chi connectivity index (χ4v) is 1.41. The summed E-state index contributed by atoms with van der Waals surface area (Å²) in [6.45, 7) is 0. The molecule has 68 valence electrons. The number of nitriles is 1. The Balaban J connectivity index is 2.83. The number of alkyl halides is 1. The molecule has 3 heteroatoms. The van der Waals surface area contributed by atoms with Gasteiger partial charge in [-0.2, -0.15) is 5.26 Å². The molecule has 13 heavy (non-hydrogen) atoms. The van der Waals surface area contributed by atoms with Crippen LogP contribution in [0, 0.1) is 17.1 Å². The van der Waals surface area contributed by atoms with Gasteiger partial charge < -0.3 is 0 Å². The topological polar surface area (TPSA) is 23.8 Å². The quantitative estimate of drug-likeness (QED) is 0.747. The molecule has 0 aromatic heterocycles. The van der Waals surface area contributed by atoms with Crippen LogP contribution in [0.25, 0.3) is 0 Å². The Morgan fingerprint density at radius 3 is 2.77 bits per heavy atom. The van der Waals surface area contributed by atoms with Crippen LogP contribution in [0.1, 0.15) is 17.5 Å². The highest BCUT2D eigenvalue weighted by molar-refractivity contribution is 9.09. The van der Waals surface area contributed by atoms with Gasteiger partial charge >= 0.3 is 0 Å². The van der Waals surface area contributed by atoms with Crippen LogP contribution >= 0.6 is 15.9 Å². The van der Waals surface area contributed by atoms with Crippen molar-refractivity contribution in [2.24, 2.45) is 0 Å². The third-order valence-electron chi connectivity index (χ3n) is 1.69. The summed E-state index contributed by atoms with van der Waals surface area (Å²) in [5.41, 5.74) is 1.28. The van der Waals surface area contributed by atoms with E-state index < -0.39 is 0 Å². The van der Waals surface area contributed by atoms with Crippen molar-refractivity contribution in [3.05, 3.63) is 35.1 Å². The van der Waals surface area contributed by atoms with E-state index in [9.17, 15) is 4.39 Å². The van der Waals surface area contributed by atoms with Crippen molar-refractivity contribution in [2.45, 2.75) is 12.8 Å². The Kier molecular flexibility index (Phi) is 3.91. The van der Waals surface area contributed by atoms with Gasteiger partial charge in [0, 0.05) is 5.33 Å². The van der Waals surface area contributed by atoms with Gasteiger partial charge in [-0.25, -0.2) is 4.39 Å². The summed E-state index contributed by atoms with van der Waals surface area (Å²) in [5, 5.41) is 9.48. The molecule has 0 spiro atoms. The third kappa shape index (κ3) is 3.16. The van der Waals surface area contributed by atoms with Crippen molar-refractivity contribution in [3.63, 3.8) is 0 Å². The molecule has 1 rings (SSSR count). The lowest BCUT2D eigenvalue weighted by Crippen LogP contribution is -1.89. The zero-order valence-corrected chi connectivity index (χ0v) is 8.64. The van der Waals surface area contributed by atoms with Gasteiger partial charge in [0.05, 0.1) is 11.6 Å². The highest BCUT2D eigenvalue weighted by atomic mass is 79.9. The number of hydrogen-bond donors (Lipinski definition) is 0. The minimum absolute atomic E-state index is 0.330. The second-order valence-corrected chi connectivity index (χ2v) is 3.55. The van der Waals surface area contributed by atoms with Crippen LogP contribution in [0.5, 0.6) is 0 Å². The van der Waals surface area contributed by atoms with Crippen LogP contribution in [-0.2, 0) is 6.42 Å². The molecule has 0 N–H and O–H groups in total. The van der Waals surface area contributed by atoms with Crippen LogP contribution in [0.2, 0.25) is 0 Å². The largest absolute Gasteiger partial charge is 0.207 e. The molecule has 0 amide bonds. The molecule has 0 aliphatic heterocycles. The molecule has 0 aliphatic rings. The van der Waals surface area contributed by atoms with E-state index in [1.807, 2.05) is 6.07 Å². The Morgan fingerprint density at radius 2 is 2.15 bits per heavy atom. The van der Waals surface area contributed by atoms with Crippen molar-refractivity contribution in [1.29, 1.82) is 5.26 Å². The van der Waals surface area contributed by atoms with E-state index in [0.717, 1.165) is 23.7 Å². The molecule has 0 radical (unpaired) electrons. The first-order chi connectivity index (χ1) is 6.26. The number of hydrogen-bond acceptors (Lipinski definition) is 1. The van der Waals surface area contributed by atoms with Gasteiger partial charge in [0.1, 0.15) is 5.82 Å². The Bertz CT molecular complexity index is 330. The van der Waals surface area contributed by atoms with Crippen molar-refractivity contribution in [3.8, 4) is 6.07 Å².